The number of amides is 2. The van der Waals surface area contributed by atoms with Gasteiger partial charge in [-0.15, -0.1) is 0 Å². The molecule has 0 saturated carbocycles. The SMILES string of the molecule is C=CC(=O)N(C)CCn1cc(C(N)=O)c(C#Cc2cc(CC)cc(OC)c2)n1. The molecule has 2 aromatic rings. The number of hydrogen-bond acceptors (Lipinski definition) is 4. The van der Waals surface area contributed by atoms with Gasteiger partial charge in [0, 0.05) is 25.4 Å². The van der Waals surface area contributed by atoms with Crippen LogP contribution in [0.25, 0.3) is 0 Å². The quantitative estimate of drug-likeness (QED) is 0.583. The normalized spacial score (nSPS) is 9.96. The number of primary amides is 1. The van der Waals surface area contributed by atoms with Crippen molar-refractivity contribution in [2.75, 3.05) is 20.7 Å². The van der Waals surface area contributed by atoms with Crippen LogP contribution in [-0.2, 0) is 17.8 Å². The van der Waals surface area contributed by atoms with Crippen LogP contribution in [0.2, 0.25) is 0 Å². The molecule has 0 aliphatic heterocycles. The van der Waals surface area contributed by atoms with E-state index in [-0.39, 0.29) is 11.5 Å². The average molecular weight is 380 g/mol. The second kappa shape index (κ2) is 9.42. The third-order valence-electron chi connectivity index (χ3n) is 4.18. The van der Waals surface area contributed by atoms with Gasteiger partial charge in [0.1, 0.15) is 11.4 Å². The smallest absolute Gasteiger partial charge is 0.253 e. The van der Waals surface area contributed by atoms with Gasteiger partial charge in [-0.25, -0.2) is 0 Å². The van der Waals surface area contributed by atoms with E-state index in [0.29, 0.717) is 18.8 Å². The first-order valence-corrected chi connectivity index (χ1v) is 8.82. The van der Waals surface area contributed by atoms with Gasteiger partial charge in [0.2, 0.25) is 5.91 Å². The highest BCUT2D eigenvalue weighted by Gasteiger charge is 2.13. The maximum absolute atomic E-state index is 11.7. The van der Waals surface area contributed by atoms with E-state index in [1.807, 2.05) is 25.1 Å². The van der Waals surface area contributed by atoms with Gasteiger partial charge in [-0.1, -0.05) is 19.4 Å². The van der Waals surface area contributed by atoms with E-state index in [4.69, 9.17) is 10.5 Å². The largest absolute Gasteiger partial charge is 0.497 e. The fraction of sp³-hybridized carbons (Fsp3) is 0.286. The Hall–Kier alpha value is -3.53. The van der Waals surface area contributed by atoms with Crippen LogP contribution in [0.4, 0.5) is 0 Å². The number of likely N-dealkylation sites (N-methyl/N-ethyl adjacent to an activating group) is 1. The number of nitrogens with zero attached hydrogens (tertiary/aromatic N) is 3. The van der Waals surface area contributed by atoms with Gasteiger partial charge in [0.25, 0.3) is 5.91 Å². The van der Waals surface area contributed by atoms with Gasteiger partial charge >= 0.3 is 0 Å². The number of benzene rings is 1. The van der Waals surface area contributed by atoms with Gasteiger partial charge in [-0.2, -0.15) is 5.10 Å². The van der Waals surface area contributed by atoms with Crippen molar-refractivity contribution in [2.45, 2.75) is 19.9 Å². The van der Waals surface area contributed by atoms with E-state index in [2.05, 4.69) is 23.5 Å². The maximum atomic E-state index is 11.7. The fourth-order valence-electron chi connectivity index (χ4n) is 2.51. The first-order valence-electron chi connectivity index (χ1n) is 8.82. The molecule has 2 N–H and O–H groups in total. The van der Waals surface area contributed by atoms with Crippen LogP contribution in [-0.4, -0.2) is 47.2 Å². The van der Waals surface area contributed by atoms with E-state index in [0.717, 1.165) is 23.3 Å². The summed E-state index contributed by atoms with van der Waals surface area (Å²) in [4.78, 5) is 24.8. The lowest BCUT2D eigenvalue weighted by molar-refractivity contribution is -0.124. The summed E-state index contributed by atoms with van der Waals surface area (Å²) in [5, 5.41) is 4.34. The number of aromatic nitrogens is 2. The minimum Gasteiger partial charge on any atom is -0.497 e. The lowest BCUT2D eigenvalue weighted by Crippen LogP contribution is -2.28. The first-order chi connectivity index (χ1) is 13.4. The molecule has 2 rings (SSSR count). The Morgan fingerprint density at radius 1 is 1.36 bits per heavy atom. The van der Waals surface area contributed by atoms with Gasteiger partial charge in [0.05, 0.1) is 19.2 Å². The number of nitrogens with two attached hydrogens (primary N) is 1. The van der Waals surface area contributed by atoms with Crippen molar-refractivity contribution in [1.82, 2.24) is 14.7 Å². The highest BCUT2D eigenvalue weighted by Crippen LogP contribution is 2.17. The van der Waals surface area contributed by atoms with Crippen molar-refractivity contribution >= 4 is 11.8 Å². The van der Waals surface area contributed by atoms with E-state index in [1.54, 1.807) is 25.0 Å². The number of hydrogen-bond donors (Lipinski definition) is 1. The third-order valence-corrected chi connectivity index (χ3v) is 4.18. The van der Waals surface area contributed by atoms with Crippen LogP contribution in [0.5, 0.6) is 5.75 Å². The molecule has 1 heterocycles. The highest BCUT2D eigenvalue weighted by atomic mass is 16.5. The number of aryl methyl sites for hydroxylation is 1. The summed E-state index contributed by atoms with van der Waals surface area (Å²) < 4.78 is 6.85. The summed E-state index contributed by atoms with van der Waals surface area (Å²) in [6.45, 7) is 6.31. The molecule has 2 amide bonds. The monoisotopic (exact) mass is 380 g/mol. The summed E-state index contributed by atoms with van der Waals surface area (Å²) >= 11 is 0. The number of rotatable bonds is 7. The molecule has 0 saturated heterocycles. The molecule has 7 nitrogen and oxygen atoms in total. The number of carbonyl (C=O) groups excluding carboxylic acids is 2. The van der Waals surface area contributed by atoms with E-state index >= 15 is 0 Å². The Balaban J connectivity index is 2.28. The molecular formula is C21H24N4O3. The molecule has 0 atom stereocenters. The van der Waals surface area contributed by atoms with Crippen LogP contribution in [0.15, 0.2) is 37.1 Å². The number of methoxy groups -OCH3 is 1. The molecule has 7 heteroatoms. The summed E-state index contributed by atoms with van der Waals surface area (Å²) in [5.74, 6) is 5.87. The Bertz CT molecular complexity index is 928. The van der Waals surface area contributed by atoms with Crippen LogP contribution >= 0.6 is 0 Å². The van der Waals surface area contributed by atoms with Crippen molar-refractivity contribution in [3.05, 3.63) is 59.4 Å². The topological polar surface area (TPSA) is 90.5 Å². The van der Waals surface area contributed by atoms with Gasteiger partial charge in [-0.05, 0) is 42.2 Å². The highest BCUT2D eigenvalue weighted by molar-refractivity contribution is 5.94. The molecular weight excluding hydrogens is 356 g/mol. The molecule has 28 heavy (non-hydrogen) atoms. The van der Waals surface area contributed by atoms with Crippen LogP contribution in [0, 0.1) is 11.8 Å². The Kier molecular flexibility index (Phi) is 6.99. The lowest BCUT2D eigenvalue weighted by atomic mass is 10.1. The fourth-order valence-corrected chi connectivity index (χ4v) is 2.51. The first kappa shape index (κ1) is 20.8. The maximum Gasteiger partial charge on any atom is 0.253 e. The number of carbonyl (C=O) groups is 2. The molecule has 0 unspecified atom stereocenters. The van der Waals surface area contributed by atoms with Crippen molar-refractivity contribution < 1.29 is 14.3 Å². The molecule has 146 valence electrons. The van der Waals surface area contributed by atoms with Crippen molar-refractivity contribution in [1.29, 1.82) is 0 Å². The zero-order valence-electron chi connectivity index (χ0n) is 16.4. The summed E-state index contributed by atoms with van der Waals surface area (Å²) in [6.07, 6.45) is 3.64. The second-order valence-electron chi connectivity index (χ2n) is 6.16. The van der Waals surface area contributed by atoms with Crippen molar-refractivity contribution in [2.24, 2.45) is 5.73 Å². The van der Waals surface area contributed by atoms with Crippen molar-refractivity contribution in [3.8, 4) is 17.6 Å². The average Bonchev–Trinajstić information content (AvgIpc) is 3.12. The third kappa shape index (κ3) is 5.24. The van der Waals surface area contributed by atoms with E-state index in [9.17, 15) is 9.59 Å². The van der Waals surface area contributed by atoms with Crippen LogP contribution < -0.4 is 10.5 Å². The second-order valence-corrected chi connectivity index (χ2v) is 6.16. The molecule has 1 aromatic carbocycles. The van der Waals surface area contributed by atoms with Crippen LogP contribution in [0.3, 0.4) is 0 Å². The Morgan fingerprint density at radius 3 is 2.71 bits per heavy atom. The molecule has 0 aliphatic carbocycles. The van der Waals surface area contributed by atoms with Crippen LogP contribution in [0.1, 0.15) is 34.1 Å². The summed E-state index contributed by atoms with van der Waals surface area (Å²) in [6, 6.07) is 5.74. The zero-order chi connectivity index (χ0) is 20.7. The zero-order valence-corrected chi connectivity index (χ0v) is 16.4. The molecule has 1 aromatic heterocycles. The molecule has 0 radical (unpaired) electrons. The minimum absolute atomic E-state index is 0.188. The molecule has 0 bridgehead atoms. The van der Waals surface area contributed by atoms with Gasteiger partial charge in [0.15, 0.2) is 0 Å². The Morgan fingerprint density at radius 2 is 2.11 bits per heavy atom. The Labute approximate surface area is 164 Å². The summed E-state index contributed by atoms with van der Waals surface area (Å²) in [5.41, 5.74) is 7.85. The molecule has 0 spiro atoms. The van der Waals surface area contributed by atoms with E-state index in [1.165, 1.54) is 11.0 Å². The lowest BCUT2D eigenvalue weighted by Gasteiger charge is -2.14. The number of ether oxygens (including phenoxy) is 1. The predicted molar refractivity (Wildman–Crippen MR) is 107 cm³/mol. The van der Waals surface area contributed by atoms with Gasteiger partial charge < -0.3 is 15.4 Å². The van der Waals surface area contributed by atoms with Crippen molar-refractivity contribution in [3.63, 3.8) is 0 Å². The standard InChI is InChI=1S/C21H24N4O3/c1-5-15-11-16(13-17(12-15)28-4)7-8-19-18(21(22)27)14-25(23-19)10-9-24(3)20(26)6-2/h6,11-14H,2,5,9-10H2,1,3-4H3,(H2,22,27). The predicted octanol–water partition coefficient (Wildman–Crippen LogP) is 1.60. The molecule has 0 aliphatic rings. The van der Waals surface area contributed by atoms with E-state index < -0.39 is 5.91 Å². The molecule has 0 fully saturated rings. The summed E-state index contributed by atoms with van der Waals surface area (Å²) in [7, 11) is 3.27. The van der Waals surface area contributed by atoms with Gasteiger partial charge in [-0.3, -0.25) is 14.3 Å². The minimum atomic E-state index is -0.606.